The first kappa shape index (κ1) is 12.2. The third-order valence-electron chi connectivity index (χ3n) is 2.29. The lowest BCUT2D eigenvalue weighted by molar-refractivity contribution is 0.598. The number of hydrogen-bond donors (Lipinski definition) is 1. The van der Waals surface area contributed by atoms with Crippen molar-refractivity contribution in [2.24, 2.45) is 5.73 Å². The molecule has 0 spiro atoms. The average Bonchev–Trinajstić information content (AvgIpc) is 2.64. The quantitative estimate of drug-likeness (QED) is 0.836. The Morgan fingerprint density at radius 1 is 1.19 bits per heavy atom. The minimum atomic E-state index is -0.462. The molecule has 1 heterocycles. The molecule has 1 atom stereocenters. The highest BCUT2D eigenvalue weighted by Crippen LogP contribution is 2.34. The van der Waals surface area contributed by atoms with Crippen molar-refractivity contribution in [3.05, 3.63) is 54.8 Å². The van der Waals surface area contributed by atoms with E-state index in [1.165, 1.54) is 17.4 Å². The Morgan fingerprint density at radius 3 is 2.50 bits per heavy atom. The Balaban J connectivity index is 2.49. The van der Waals surface area contributed by atoms with Crippen LogP contribution in [0.5, 0.6) is 0 Å². The third-order valence-corrected chi connectivity index (χ3v) is 4.73. The van der Waals surface area contributed by atoms with Crippen molar-refractivity contribution in [1.82, 2.24) is 0 Å². The normalized spacial score (nSPS) is 12.8. The molecule has 5 heteroatoms. The van der Waals surface area contributed by atoms with Crippen LogP contribution in [0, 0.1) is 5.82 Å². The van der Waals surface area contributed by atoms with Gasteiger partial charge in [0.2, 0.25) is 0 Å². The van der Waals surface area contributed by atoms with Crippen LogP contribution in [0.4, 0.5) is 4.39 Å². The van der Waals surface area contributed by atoms with E-state index in [4.69, 9.17) is 5.73 Å². The van der Waals surface area contributed by atoms with Gasteiger partial charge in [-0.2, -0.15) is 11.3 Å². The molecular weight excluding hydrogens is 357 g/mol. The minimum absolute atomic E-state index is 0.292. The summed E-state index contributed by atoms with van der Waals surface area (Å²) < 4.78 is 15.3. The Labute approximate surface area is 114 Å². The molecule has 1 aromatic heterocycles. The lowest BCUT2D eigenvalue weighted by Gasteiger charge is -2.14. The molecule has 0 fully saturated rings. The van der Waals surface area contributed by atoms with Gasteiger partial charge in [0.1, 0.15) is 5.82 Å². The summed E-state index contributed by atoms with van der Waals surface area (Å²) in [6, 6.07) is 4.40. The summed E-state index contributed by atoms with van der Waals surface area (Å²) in [6.45, 7) is 0. The number of hydrogen-bond acceptors (Lipinski definition) is 2. The van der Waals surface area contributed by atoms with Crippen molar-refractivity contribution in [2.45, 2.75) is 6.04 Å². The van der Waals surface area contributed by atoms with E-state index < -0.39 is 6.04 Å². The van der Waals surface area contributed by atoms with Crippen LogP contribution in [-0.2, 0) is 0 Å². The molecule has 2 rings (SSSR count). The lowest BCUT2D eigenvalue weighted by atomic mass is 10.0. The number of benzene rings is 1. The maximum Gasteiger partial charge on any atom is 0.129 e. The molecule has 2 aromatic rings. The van der Waals surface area contributed by atoms with Gasteiger partial charge in [0, 0.05) is 19.9 Å². The van der Waals surface area contributed by atoms with E-state index in [1.807, 2.05) is 10.8 Å². The van der Waals surface area contributed by atoms with E-state index >= 15 is 0 Å². The second-order valence-corrected chi connectivity index (χ2v) is 5.74. The molecule has 1 aromatic carbocycles. The van der Waals surface area contributed by atoms with Gasteiger partial charge < -0.3 is 5.73 Å². The molecule has 16 heavy (non-hydrogen) atoms. The summed E-state index contributed by atoms with van der Waals surface area (Å²) >= 11 is 8.27. The fourth-order valence-corrected chi connectivity index (χ4v) is 3.65. The van der Waals surface area contributed by atoms with Crippen LogP contribution < -0.4 is 5.73 Å². The van der Waals surface area contributed by atoms with Gasteiger partial charge >= 0.3 is 0 Å². The summed E-state index contributed by atoms with van der Waals surface area (Å²) in [5.74, 6) is -0.292. The SMILES string of the molecule is NC(c1cscc1Br)c1c(F)cccc1Br. The van der Waals surface area contributed by atoms with Gasteiger partial charge in [-0.3, -0.25) is 0 Å². The highest BCUT2D eigenvalue weighted by molar-refractivity contribution is 9.10. The van der Waals surface area contributed by atoms with Crippen molar-refractivity contribution in [3.63, 3.8) is 0 Å². The van der Waals surface area contributed by atoms with Gasteiger partial charge in [-0.05, 0) is 39.0 Å². The zero-order valence-corrected chi connectivity index (χ0v) is 12.1. The fraction of sp³-hybridized carbons (Fsp3) is 0.0909. The predicted molar refractivity (Wildman–Crippen MR) is 72.1 cm³/mol. The van der Waals surface area contributed by atoms with E-state index in [9.17, 15) is 4.39 Å². The van der Waals surface area contributed by atoms with Crippen LogP contribution in [0.15, 0.2) is 37.9 Å². The van der Waals surface area contributed by atoms with Gasteiger partial charge in [-0.15, -0.1) is 0 Å². The summed E-state index contributed by atoms with van der Waals surface area (Å²) in [4.78, 5) is 0. The molecule has 0 bridgehead atoms. The Bertz CT molecular complexity index is 492. The lowest BCUT2D eigenvalue weighted by Crippen LogP contribution is -2.14. The highest BCUT2D eigenvalue weighted by Gasteiger charge is 2.19. The Kier molecular flexibility index (Phi) is 3.79. The highest BCUT2D eigenvalue weighted by atomic mass is 79.9. The molecule has 1 unspecified atom stereocenters. The smallest absolute Gasteiger partial charge is 0.129 e. The van der Waals surface area contributed by atoms with Crippen molar-refractivity contribution in [3.8, 4) is 0 Å². The predicted octanol–water partition coefficient (Wildman–Crippen LogP) is 4.46. The van der Waals surface area contributed by atoms with Gasteiger partial charge in [-0.1, -0.05) is 22.0 Å². The zero-order chi connectivity index (χ0) is 11.7. The van der Waals surface area contributed by atoms with Crippen LogP contribution in [0.2, 0.25) is 0 Å². The molecule has 0 aliphatic heterocycles. The van der Waals surface area contributed by atoms with Crippen molar-refractivity contribution in [1.29, 1.82) is 0 Å². The zero-order valence-electron chi connectivity index (χ0n) is 8.08. The molecule has 0 radical (unpaired) electrons. The van der Waals surface area contributed by atoms with Crippen molar-refractivity contribution in [2.75, 3.05) is 0 Å². The molecule has 84 valence electrons. The van der Waals surface area contributed by atoms with Crippen LogP contribution in [0.3, 0.4) is 0 Å². The van der Waals surface area contributed by atoms with Gasteiger partial charge in [0.05, 0.1) is 6.04 Å². The molecule has 0 aliphatic rings. The summed E-state index contributed by atoms with van der Waals surface area (Å²) in [5, 5.41) is 3.86. The molecule has 0 amide bonds. The molecule has 0 saturated carbocycles. The van der Waals surface area contributed by atoms with Crippen LogP contribution >= 0.6 is 43.2 Å². The first-order valence-electron chi connectivity index (χ1n) is 4.52. The van der Waals surface area contributed by atoms with Crippen molar-refractivity contribution < 1.29 is 4.39 Å². The topological polar surface area (TPSA) is 26.0 Å². The second-order valence-electron chi connectivity index (χ2n) is 3.29. The average molecular weight is 365 g/mol. The van der Waals surface area contributed by atoms with Crippen molar-refractivity contribution >= 4 is 43.2 Å². The van der Waals surface area contributed by atoms with E-state index in [2.05, 4.69) is 31.9 Å². The van der Waals surface area contributed by atoms with E-state index in [0.717, 1.165) is 10.0 Å². The standard InChI is InChI=1S/C11H8Br2FNS/c12-7-2-1-3-9(14)10(7)11(15)6-4-16-5-8(6)13/h1-5,11H,15H2. The van der Waals surface area contributed by atoms with Gasteiger partial charge in [0.25, 0.3) is 0 Å². The third kappa shape index (κ3) is 2.22. The second kappa shape index (κ2) is 4.96. The van der Waals surface area contributed by atoms with E-state index in [1.54, 1.807) is 12.1 Å². The largest absolute Gasteiger partial charge is 0.320 e. The first-order chi connectivity index (χ1) is 7.61. The first-order valence-corrected chi connectivity index (χ1v) is 7.05. The number of thiophene rings is 1. The summed E-state index contributed by atoms with van der Waals surface area (Å²) in [5.41, 5.74) is 7.46. The molecule has 0 saturated heterocycles. The monoisotopic (exact) mass is 363 g/mol. The molecular formula is C11H8Br2FNS. The number of nitrogens with two attached hydrogens (primary N) is 1. The van der Waals surface area contributed by atoms with Gasteiger partial charge in [-0.25, -0.2) is 4.39 Å². The molecule has 1 nitrogen and oxygen atoms in total. The number of rotatable bonds is 2. The van der Waals surface area contributed by atoms with Gasteiger partial charge in [0.15, 0.2) is 0 Å². The van der Waals surface area contributed by atoms with E-state index in [-0.39, 0.29) is 5.82 Å². The summed E-state index contributed by atoms with van der Waals surface area (Å²) in [7, 11) is 0. The summed E-state index contributed by atoms with van der Waals surface area (Å²) in [6.07, 6.45) is 0. The maximum absolute atomic E-state index is 13.7. The van der Waals surface area contributed by atoms with Crippen LogP contribution in [-0.4, -0.2) is 0 Å². The van der Waals surface area contributed by atoms with E-state index in [0.29, 0.717) is 10.0 Å². The molecule has 2 N–H and O–H groups in total. The fourth-order valence-electron chi connectivity index (χ4n) is 1.48. The molecule has 0 aliphatic carbocycles. The Morgan fingerprint density at radius 2 is 1.94 bits per heavy atom. The van der Waals surface area contributed by atoms with Crippen LogP contribution in [0.1, 0.15) is 17.2 Å². The number of halogens is 3. The van der Waals surface area contributed by atoms with Crippen LogP contribution in [0.25, 0.3) is 0 Å². The Hall–Kier alpha value is -0.230. The maximum atomic E-state index is 13.7. The minimum Gasteiger partial charge on any atom is -0.320 e.